The van der Waals surface area contributed by atoms with Gasteiger partial charge in [-0.15, -0.1) is 0 Å². The van der Waals surface area contributed by atoms with E-state index in [1.165, 1.54) is 0 Å². The Morgan fingerprint density at radius 2 is 2.27 bits per heavy atom. The molecular formula is C11H15BrClNO. The van der Waals surface area contributed by atoms with Crippen LogP contribution in [0.5, 0.6) is 0 Å². The first-order chi connectivity index (χ1) is 7.19. The van der Waals surface area contributed by atoms with Crippen molar-refractivity contribution < 1.29 is 4.74 Å². The standard InChI is InChI=1S/C11H15BrClNO/c1-3-15-7-11(14-2)8-4-5-9(12)10(13)6-8/h4-6,11,14H,3,7H2,1-2H3. The SMILES string of the molecule is CCOCC(NC)c1ccc(Br)c(Cl)c1. The third kappa shape index (κ3) is 3.76. The van der Waals surface area contributed by atoms with Gasteiger partial charge >= 0.3 is 0 Å². The van der Waals surface area contributed by atoms with Crippen LogP contribution >= 0.6 is 27.5 Å². The fraction of sp³-hybridized carbons (Fsp3) is 0.455. The number of hydrogen-bond donors (Lipinski definition) is 1. The minimum atomic E-state index is 0.190. The maximum atomic E-state index is 6.03. The van der Waals surface area contributed by atoms with Crippen molar-refractivity contribution in [1.29, 1.82) is 0 Å². The Labute approximate surface area is 104 Å². The zero-order valence-corrected chi connectivity index (χ0v) is 11.2. The number of ether oxygens (including phenoxy) is 1. The van der Waals surface area contributed by atoms with E-state index in [0.717, 1.165) is 21.7 Å². The zero-order chi connectivity index (χ0) is 11.3. The van der Waals surface area contributed by atoms with Crippen molar-refractivity contribution in [3.05, 3.63) is 33.3 Å². The average molecular weight is 293 g/mol. The molecule has 0 aliphatic rings. The summed E-state index contributed by atoms with van der Waals surface area (Å²) in [5.41, 5.74) is 1.14. The van der Waals surface area contributed by atoms with Crippen molar-refractivity contribution in [3.63, 3.8) is 0 Å². The lowest BCUT2D eigenvalue weighted by Crippen LogP contribution is -2.21. The summed E-state index contributed by atoms with van der Waals surface area (Å²) < 4.78 is 6.31. The number of halogens is 2. The van der Waals surface area contributed by atoms with Crippen molar-refractivity contribution in [2.24, 2.45) is 0 Å². The average Bonchev–Trinajstić information content (AvgIpc) is 2.24. The molecule has 0 bridgehead atoms. The molecule has 1 aromatic carbocycles. The highest BCUT2D eigenvalue weighted by Gasteiger charge is 2.10. The van der Waals surface area contributed by atoms with Crippen LogP contribution in [0.1, 0.15) is 18.5 Å². The third-order valence-electron chi connectivity index (χ3n) is 2.18. The Morgan fingerprint density at radius 1 is 1.53 bits per heavy atom. The molecule has 0 saturated carbocycles. The Bertz CT molecular complexity index is 319. The van der Waals surface area contributed by atoms with Gasteiger partial charge in [0.15, 0.2) is 0 Å². The van der Waals surface area contributed by atoms with Crippen LogP contribution < -0.4 is 5.32 Å². The summed E-state index contributed by atoms with van der Waals surface area (Å²) in [6.07, 6.45) is 0. The molecule has 0 aliphatic carbocycles. The summed E-state index contributed by atoms with van der Waals surface area (Å²) in [5, 5.41) is 3.93. The van der Waals surface area contributed by atoms with E-state index in [2.05, 4.69) is 21.2 Å². The zero-order valence-electron chi connectivity index (χ0n) is 8.89. The molecule has 0 aliphatic heterocycles. The van der Waals surface area contributed by atoms with Gasteiger partial charge in [-0.3, -0.25) is 0 Å². The van der Waals surface area contributed by atoms with E-state index in [1.807, 2.05) is 32.2 Å². The van der Waals surface area contributed by atoms with Crippen molar-refractivity contribution in [3.8, 4) is 0 Å². The van der Waals surface area contributed by atoms with Crippen LogP contribution in [0.3, 0.4) is 0 Å². The van der Waals surface area contributed by atoms with Gasteiger partial charge in [-0.1, -0.05) is 17.7 Å². The number of rotatable bonds is 5. The normalized spacial score (nSPS) is 12.8. The predicted octanol–water partition coefficient (Wildman–Crippen LogP) is 3.40. The van der Waals surface area contributed by atoms with E-state index < -0.39 is 0 Å². The molecule has 0 saturated heterocycles. The van der Waals surface area contributed by atoms with Crippen molar-refractivity contribution >= 4 is 27.5 Å². The highest BCUT2D eigenvalue weighted by molar-refractivity contribution is 9.10. The first kappa shape index (κ1) is 13.0. The second-order valence-electron chi connectivity index (χ2n) is 3.17. The van der Waals surface area contributed by atoms with Gasteiger partial charge in [0, 0.05) is 11.1 Å². The smallest absolute Gasteiger partial charge is 0.0661 e. The number of hydrogen-bond acceptors (Lipinski definition) is 2. The molecule has 0 aromatic heterocycles. The molecule has 84 valence electrons. The first-order valence-electron chi connectivity index (χ1n) is 4.89. The second-order valence-corrected chi connectivity index (χ2v) is 4.44. The summed E-state index contributed by atoms with van der Waals surface area (Å²) in [4.78, 5) is 0. The van der Waals surface area contributed by atoms with E-state index in [1.54, 1.807) is 0 Å². The quantitative estimate of drug-likeness (QED) is 0.898. The molecule has 0 heterocycles. The number of nitrogens with one attached hydrogen (secondary N) is 1. The summed E-state index contributed by atoms with van der Waals surface area (Å²) >= 11 is 9.40. The monoisotopic (exact) mass is 291 g/mol. The van der Waals surface area contributed by atoms with Crippen molar-refractivity contribution in [1.82, 2.24) is 5.32 Å². The van der Waals surface area contributed by atoms with Crippen LogP contribution in [0.15, 0.2) is 22.7 Å². The maximum absolute atomic E-state index is 6.03. The lowest BCUT2D eigenvalue weighted by molar-refractivity contribution is 0.125. The van der Waals surface area contributed by atoms with E-state index in [-0.39, 0.29) is 6.04 Å². The summed E-state index contributed by atoms with van der Waals surface area (Å²) in [5.74, 6) is 0. The lowest BCUT2D eigenvalue weighted by Gasteiger charge is -2.16. The highest BCUT2D eigenvalue weighted by atomic mass is 79.9. The Kier molecular flexibility index (Phi) is 5.61. The Balaban J connectivity index is 2.78. The molecule has 0 amide bonds. The first-order valence-corrected chi connectivity index (χ1v) is 6.06. The van der Waals surface area contributed by atoms with E-state index in [0.29, 0.717) is 6.61 Å². The minimum absolute atomic E-state index is 0.190. The van der Waals surface area contributed by atoms with Gasteiger partial charge < -0.3 is 10.1 Å². The van der Waals surface area contributed by atoms with Crippen LogP contribution in [0.25, 0.3) is 0 Å². The number of benzene rings is 1. The molecule has 1 aromatic rings. The van der Waals surface area contributed by atoms with Gasteiger partial charge in [-0.25, -0.2) is 0 Å². The van der Waals surface area contributed by atoms with Crippen LogP contribution in [-0.4, -0.2) is 20.3 Å². The summed E-state index contributed by atoms with van der Waals surface area (Å²) in [6, 6.07) is 6.13. The van der Waals surface area contributed by atoms with Gasteiger partial charge in [0.2, 0.25) is 0 Å². The van der Waals surface area contributed by atoms with Crippen LogP contribution in [0, 0.1) is 0 Å². The van der Waals surface area contributed by atoms with E-state index in [4.69, 9.17) is 16.3 Å². The maximum Gasteiger partial charge on any atom is 0.0661 e. The molecule has 1 rings (SSSR count). The fourth-order valence-corrected chi connectivity index (χ4v) is 1.75. The van der Waals surface area contributed by atoms with Gasteiger partial charge in [-0.2, -0.15) is 0 Å². The number of likely N-dealkylation sites (N-methyl/N-ethyl adjacent to an activating group) is 1. The second kappa shape index (κ2) is 6.48. The van der Waals surface area contributed by atoms with Gasteiger partial charge in [0.1, 0.15) is 0 Å². The fourth-order valence-electron chi connectivity index (χ4n) is 1.31. The van der Waals surface area contributed by atoms with Crippen LogP contribution in [0.2, 0.25) is 5.02 Å². The summed E-state index contributed by atoms with van der Waals surface area (Å²) in [6.45, 7) is 3.37. The van der Waals surface area contributed by atoms with Gasteiger partial charge in [-0.05, 0) is 47.6 Å². The van der Waals surface area contributed by atoms with E-state index >= 15 is 0 Å². The molecule has 1 N–H and O–H groups in total. The molecular weight excluding hydrogens is 277 g/mol. The van der Waals surface area contributed by atoms with Crippen LogP contribution in [0.4, 0.5) is 0 Å². The van der Waals surface area contributed by atoms with Crippen molar-refractivity contribution in [2.45, 2.75) is 13.0 Å². The Morgan fingerprint density at radius 3 is 2.80 bits per heavy atom. The summed E-state index contributed by atoms with van der Waals surface area (Å²) in [7, 11) is 1.92. The van der Waals surface area contributed by atoms with Gasteiger partial charge in [0.05, 0.1) is 17.7 Å². The molecule has 0 fully saturated rings. The molecule has 0 spiro atoms. The largest absolute Gasteiger partial charge is 0.380 e. The predicted molar refractivity (Wildman–Crippen MR) is 67.4 cm³/mol. The molecule has 1 atom stereocenters. The Hall–Kier alpha value is -0.0900. The third-order valence-corrected chi connectivity index (χ3v) is 3.42. The molecule has 2 nitrogen and oxygen atoms in total. The van der Waals surface area contributed by atoms with E-state index in [9.17, 15) is 0 Å². The van der Waals surface area contributed by atoms with Crippen molar-refractivity contribution in [2.75, 3.05) is 20.3 Å². The molecule has 4 heteroatoms. The molecule has 0 radical (unpaired) electrons. The lowest BCUT2D eigenvalue weighted by atomic mass is 10.1. The molecule has 15 heavy (non-hydrogen) atoms. The van der Waals surface area contributed by atoms with Crippen LogP contribution in [-0.2, 0) is 4.74 Å². The highest BCUT2D eigenvalue weighted by Crippen LogP contribution is 2.26. The van der Waals surface area contributed by atoms with Gasteiger partial charge in [0.25, 0.3) is 0 Å². The molecule has 1 unspecified atom stereocenters. The topological polar surface area (TPSA) is 21.3 Å². The minimum Gasteiger partial charge on any atom is -0.380 e.